The van der Waals surface area contributed by atoms with Crippen molar-refractivity contribution in [2.45, 2.75) is 18.2 Å². The van der Waals surface area contributed by atoms with E-state index in [9.17, 15) is 14.7 Å². The van der Waals surface area contributed by atoms with Crippen LogP contribution in [-0.4, -0.2) is 34.3 Å². The lowest BCUT2D eigenvalue weighted by molar-refractivity contribution is -0.139. The number of ether oxygens (including phenoxy) is 1. The molecule has 1 unspecified atom stereocenters. The van der Waals surface area contributed by atoms with Gasteiger partial charge in [-0.2, -0.15) is 0 Å². The molecule has 0 bridgehead atoms. The number of hydrogen-bond donors (Lipinski definition) is 5. The van der Waals surface area contributed by atoms with Crippen LogP contribution in [0, 0.1) is 10.8 Å². The predicted octanol–water partition coefficient (Wildman–Crippen LogP) is 6.38. The van der Waals surface area contributed by atoms with Crippen LogP contribution in [-0.2, 0) is 21.7 Å². The zero-order valence-electron chi connectivity index (χ0n) is 21.5. The zero-order chi connectivity index (χ0) is 28.3. The molecule has 2 amide bonds. The minimum Gasteiger partial charge on any atom is -0.480 e. The van der Waals surface area contributed by atoms with Crippen molar-refractivity contribution in [2.75, 3.05) is 5.32 Å². The minimum absolute atomic E-state index is 0.0841. The average molecular weight is 553 g/mol. The van der Waals surface area contributed by atoms with Gasteiger partial charge in [0.2, 0.25) is 11.1 Å². The van der Waals surface area contributed by atoms with Crippen LogP contribution in [0.3, 0.4) is 0 Å². The van der Waals surface area contributed by atoms with E-state index in [1.807, 2.05) is 60.7 Å². The quantitative estimate of drug-likeness (QED) is 0.121. The topological polar surface area (TPSA) is 135 Å². The molecular formula is C31H28N4O4S. The molecule has 0 saturated heterocycles. The molecule has 8 nitrogen and oxygen atoms in total. The van der Waals surface area contributed by atoms with Crippen LogP contribution in [0.2, 0.25) is 0 Å². The Bertz CT molecular complexity index is 1480. The van der Waals surface area contributed by atoms with Gasteiger partial charge in [0.25, 0.3) is 0 Å². The number of amides is 2. The molecule has 1 atom stereocenters. The lowest BCUT2D eigenvalue weighted by Crippen LogP contribution is -2.44. The lowest BCUT2D eigenvalue weighted by Gasteiger charge is -2.16. The number of urea groups is 1. The van der Waals surface area contributed by atoms with Crippen LogP contribution < -0.4 is 10.6 Å². The molecule has 40 heavy (non-hydrogen) atoms. The number of benzene rings is 4. The van der Waals surface area contributed by atoms with E-state index >= 15 is 0 Å². The molecule has 9 heteroatoms. The first kappa shape index (κ1) is 28.1. The van der Waals surface area contributed by atoms with Crippen LogP contribution in [0.4, 0.5) is 10.5 Å². The highest BCUT2D eigenvalue weighted by molar-refractivity contribution is 8.12. The highest BCUT2D eigenvalue weighted by Gasteiger charge is 2.21. The molecule has 0 radical (unpaired) electrons. The fraction of sp³-hybridized carbons (Fsp3) is 0.0968. The van der Waals surface area contributed by atoms with E-state index in [1.54, 1.807) is 48.5 Å². The molecule has 0 fully saturated rings. The van der Waals surface area contributed by atoms with Gasteiger partial charge in [-0.3, -0.25) is 10.8 Å². The molecule has 0 aliphatic carbocycles. The number of rotatable bonds is 9. The largest absolute Gasteiger partial charge is 0.480 e. The van der Waals surface area contributed by atoms with Gasteiger partial charge in [-0.1, -0.05) is 96.7 Å². The molecule has 4 aromatic rings. The van der Waals surface area contributed by atoms with Crippen molar-refractivity contribution < 1.29 is 19.4 Å². The zero-order valence-corrected chi connectivity index (χ0v) is 22.3. The molecule has 0 aliphatic rings. The molecule has 5 N–H and O–H groups in total. The molecule has 0 aromatic heterocycles. The smallest absolute Gasteiger partial charge is 0.326 e. The Kier molecular flexibility index (Phi) is 9.68. The number of carboxylic acid groups (broad SMARTS) is 1. The van der Waals surface area contributed by atoms with Gasteiger partial charge >= 0.3 is 12.0 Å². The second-order valence-corrected chi connectivity index (χ2v) is 9.78. The van der Waals surface area contributed by atoms with Crippen molar-refractivity contribution in [3.05, 3.63) is 126 Å². The second kappa shape index (κ2) is 13.8. The van der Waals surface area contributed by atoms with Crippen molar-refractivity contribution in [2.24, 2.45) is 0 Å². The third-order valence-corrected chi connectivity index (χ3v) is 6.71. The van der Waals surface area contributed by atoms with Gasteiger partial charge in [0, 0.05) is 23.4 Å². The summed E-state index contributed by atoms with van der Waals surface area (Å²) < 4.78 is 5.30. The molecule has 4 aromatic carbocycles. The van der Waals surface area contributed by atoms with Crippen molar-refractivity contribution in [3.8, 4) is 11.1 Å². The van der Waals surface area contributed by atoms with Gasteiger partial charge in [-0.05, 0) is 46.5 Å². The first-order valence-corrected chi connectivity index (χ1v) is 13.4. The summed E-state index contributed by atoms with van der Waals surface area (Å²) in [5.74, 6) is -0.851. The van der Waals surface area contributed by atoms with Gasteiger partial charge in [0.1, 0.15) is 6.04 Å². The highest BCUT2D eigenvalue weighted by Crippen LogP contribution is 2.21. The Morgan fingerprint density at radius 1 is 0.800 bits per heavy atom. The first-order chi connectivity index (χ1) is 19.4. The number of carbonyl (C=O) groups excluding carboxylic acids is 1. The Balaban J connectivity index is 1.29. The molecule has 0 saturated carbocycles. The summed E-state index contributed by atoms with van der Waals surface area (Å²) in [6.07, 6.45) is 0.0841. The number of carbonyl (C=O) groups is 2. The van der Waals surface area contributed by atoms with Crippen LogP contribution in [0.5, 0.6) is 0 Å². The van der Waals surface area contributed by atoms with E-state index in [-0.39, 0.29) is 17.5 Å². The maximum atomic E-state index is 12.6. The van der Waals surface area contributed by atoms with Gasteiger partial charge in [0.15, 0.2) is 0 Å². The normalized spacial score (nSPS) is 11.2. The van der Waals surface area contributed by atoms with Crippen molar-refractivity contribution >= 4 is 40.6 Å². The minimum atomic E-state index is -1.15. The van der Waals surface area contributed by atoms with E-state index in [0.29, 0.717) is 17.0 Å². The predicted molar refractivity (Wildman–Crippen MR) is 159 cm³/mol. The monoisotopic (exact) mass is 552 g/mol. The average Bonchev–Trinajstić information content (AvgIpc) is 2.97. The summed E-state index contributed by atoms with van der Waals surface area (Å²) in [6.45, 7) is 0. The Labute approximate surface area is 236 Å². The fourth-order valence-electron chi connectivity index (χ4n) is 3.90. The van der Waals surface area contributed by atoms with Crippen LogP contribution >= 0.6 is 11.8 Å². The lowest BCUT2D eigenvalue weighted by atomic mass is 10.0. The Morgan fingerprint density at radius 3 is 2.10 bits per heavy atom. The summed E-state index contributed by atoms with van der Waals surface area (Å²) >= 11 is 1.12. The van der Waals surface area contributed by atoms with Gasteiger partial charge in [0.05, 0.1) is 0 Å². The van der Waals surface area contributed by atoms with Gasteiger partial charge in [-0.15, -0.1) is 0 Å². The van der Waals surface area contributed by atoms with Gasteiger partial charge < -0.3 is 20.5 Å². The Morgan fingerprint density at radius 2 is 1.43 bits per heavy atom. The van der Waals surface area contributed by atoms with Crippen molar-refractivity contribution in [1.82, 2.24) is 5.32 Å². The third-order valence-electron chi connectivity index (χ3n) is 5.89. The number of aliphatic carboxylic acids is 1. The number of carboxylic acids is 1. The third kappa shape index (κ3) is 8.31. The van der Waals surface area contributed by atoms with E-state index < -0.39 is 18.0 Å². The van der Waals surface area contributed by atoms with Crippen molar-refractivity contribution in [3.63, 3.8) is 0 Å². The maximum Gasteiger partial charge on any atom is 0.326 e. The summed E-state index contributed by atoms with van der Waals surface area (Å²) in [4.78, 5) is 24.5. The first-order valence-electron chi connectivity index (χ1n) is 12.4. The van der Waals surface area contributed by atoms with E-state index in [2.05, 4.69) is 10.6 Å². The summed E-state index contributed by atoms with van der Waals surface area (Å²) in [7, 11) is 0. The van der Waals surface area contributed by atoms with Gasteiger partial charge in [-0.25, -0.2) is 9.59 Å². The molecule has 0 aliphatic heterocycles. The number of anilines is 1. The summed E-state index contributed by atoms with van der Waals surface area (Å²) in [6, 6.07) is 31.6. The van der Waals surface area contributed by atoms with Crippen molar-refractivity contribution in [1.29, 1.82) is 10.8 Å². The number of thioether (sulfide) groups is 1. The van der Waals surface area contributed by atoms with E-state index in [4.69, 9.17) is 15.6 Å². The number of hydrogen-bond acceptors (Lipinski definition) is 6. The number of nitrogens with one attached hydrogen (secondary N) is 4. The molecule has 0 heterocycles. The maximum absolute atomic E-state index is 12.6. The molecule has 4 rings (SSSR count). The van der Waals surface area contributed by atoms with Crippen LogP contribution in [0.15, 0.2) is 109 Å². The molecular weight excluding hydrogens is 524 g/mol. The second-order valence-electron chi connectivity index (χ2n) is 8.83. The standard InChI is InChI=1S/C31H28N4O4S/c32-28(25-12-5-2-6-13-25)39-30(33)40-20-22-9-7-8-21(18-22)19-27(29(36)37)35-31(38)34-26-16-14-24(15-17-26)23-10-3-1-4-11-23/h1-18,27,32-33H,19-20H2,(H,36,37)(H2,34,35,38). The SMILES string of the molecule is N=C(OC(=N)c1ccccc1)SCc1cccc(CC(NC(=O)Nc2ccc(-c3ccccc3)cc2)C(=O)O)c1. The molecule has 0 spiro atoms. The van der Waals surface area contributed by atoms with E-state index in [0.717, 1.165) is 34.0 Å². The molecule has 202 valence electrons. The summed E-state index contributed by atoms with van der Waals surface area (Å²) in [5.41, 5.74) is 4.77. The fourth-order valence-corrected chi connectivity index (χ4v) is 4.52. The highest BCUT2D eigenvalue weighted by atomic mass is 32.2. The van der Waals surface area contributed by atoms with E-state index in [1.165, 1.54) is 0 Å². The van der Waals surface area contributed by atoms with Crippen LogP contribution in [0.25, 0.3) is 11.1 Å². The summed E-state index contributed by atoms with van der Waals surface area (Å²) in [5, 5.41) is 30.9. The van der Waals surface area contributed by atoms with Crippen LogP contribution in [0.1, 0.15) is 16.7 Å². The Hall–Kier alpha value is -4.89.